The van der Waals surface area contributed by atoms with Crippen molar-refractivity contribution in [1.82, 2.24) is 5.32 Å². The maximum atomic E-state index is 12.0. The van der Waals surface area contributed by atoms with Crippen LogP contribution in [0.4, 0.5) is 5.69 Å². The van der Waals surface area contributed by atoms with Gasteiger partial charge in [-0.2, -0.15) is 0 Å². The highest BCUT2D eigenvalue weighted by molar-refractivity contribution is 5.97. The molecule has 2 N–H and O–H groups in total. The molecule has 0 aliphatic carbocycles. The zero-order valence-electron chi connectivity index (χ0n) is 12.8. The number of hydrogen-bond donors (Lipinski definition) is 2. The van der Waals surface area contributed by atoms with E-state index in [1.54, 1.807) is 31.3 Å². The molecule has 0 saturated heterocycles. The van der Waals surface area contributed by atoms with E-state index in [0.717, 1.165) is 5.56 Å². The molecule has 4 nitrogen and oxygen atoms in total. The van der Waals surface area contributed by atoms with E-state index in [0.29, 0.717) is 24.1 Å². The van der Waals surface area contributed by atoms with Crippen LogP contribution >= 0.6 is 0 Å². The predicted octanol–water partition coefficient (Wildman–Crippen LogP) is 2.93. The lowest BCUT2D eigenvalue weighted by Crippen LogP contribution is -2.18. The Labute approximate surface area is 130 Å². The summed E-state index contributed by atoms with van der Waals surface area (Å²) in [6.45, 7) is 2.04. The number of carbonyl (C=O) groups is 2. The molecule has 0 unspecified atom stereocenters. The van der Waals surface area contributed by atoms with E-state index in [9.17, 15) is 9.59 Å². The molecule has 0 spiro atoms. The average Bonchev–Trinajstić information content (AvgIpc) is 2.54. The van der Waals surface area contributed by atoms with E-state index in [1.807, 2.05) is 31.2 Å². The Bertz CT molecular complexity index is 663. The van der Waals surface area contributed by atoms with Crippen molar-refractivity contribution >= 4 is 17.5 Å². The highest BCUT2D eigenvalue weighted by Gasteiger charge is 2.06. The van der Waals surface area contributed by atoms with Crippen molar-refractivity contribution in [3.8, 4) is 0 Å². The quantitative estimate of drug-likeness (QED) is 0.891. The highest BCUT2D eigenvalue weighted by atomic mass is 16.2. The van der Waals surface area contributed by atoms with Crippen LogP contribution in [-0.2, 0) is 11.2 Å². The second-order valence-corrected chi connectivity index (χ2v) is 5.19. The summed E-state index contributed by atoms with van der Waals surface area (Å²) < 4.78 is 0. The Kier molecular flexibility index (Phi) is 5.31. The maximum Gasteiger partial charge on any atom is 0.251 e. The molecule has 0 heterocycles. The van der Waals surface area contributed by atoms with Crippen molar-refractivity contribution in [3.05, 3.63) is 65.2 Å². The number of carbonyl (C=O) groups excluding carboxylic acids is 2. The Balaban J connectivity index is 1.91. The lowest BCUT2D eigenvalue weighted by molar-refractivity contribution is -0.116. The molecule has 0 aromatic heterocycles. The summed E-state index contributed by atoms with van der Waals surface area (Å²) in [5.74, 6) is -0.231. The fraction of sp³-hybridized carbons (Fsp3) is 0.222. The van der Waals surface area contributed by atoms with Gasteiger partial charge < -0.3 is 10.6 Å². The van der Waals surface area contributed by atoms with Crippen molar-refractivity contribution in [2.24, 2.45) is 0 Å². The first-order valence-electron chi connectivity index (χ1n) is 7.26. The first kappa shape index (κ1) is 15.8. The molecular weight excluding hydrogens is 276 g/mol. The van der Waals surface area contributed by atoms with Crippen LogP contribution in [0.1, 0.15) is 27.9 Å². The molecule has 2 amide bonds. The number of hydrogen-bond acceptors (Lipinski definition) is 2. The number of benzene rings is 2. The minimum absolute atomic E-state index is 0.0605. The molecule has 0 aliphatic rings. The second kappa shape index (κ2) is 7.41. The molecule has 0 aliphatic heterocycles. The van der Waals surface area contributed by atoms with Gasteiger partial charge in [0.2, 0.25) is 5.91 Å². The summed E-state index contributed by atoms with van der Waals surface area (Å²) in [4.78, 5) is 23.6. The van der Waals surface area contributed by atoms with Crippen LogP contribution in [0.5, 0.6) is 0 Å². The van der Waals surface area contributed by atoms with Gasteiger partial charge in [0.15, 0.2) is 0 Å². The lowest BCUT2D eigenvalue weighted by atomic mass is 10.1. The minimum Gasteiger partial charge on any atom is -0.355 e. The highest BCUT2D eigenvalue weighted by Crippen LogP contribution is 2.12. The smallest absolute Gasteiger partial charge is 0.251 e. The van der Waals surface area contributed by atoms with Gasteiger partial charge in [0, 0.05) is 24.7 Å². The van der Waals surface area contributed by atoms with Crippen LogP contribution < -0.4 is 10.6 Å². The molecule has 2 aromatic rings. The Hall–Kier alpha value is -2.62. The topological polar surface area (TPSA) is 58.2 Å². The van der Waals surface area contributed by atoms with E-state index in [2.05, 4.69) is 10.6 Å². The monoisotopic (exact) mass is 296 g/mol. The molecule has 0 radical (unpaired) electrons. The summed E-state index contributed by atoms with van der Waals surface area (Å²) >= 11 is 0. The van der Waals surface area contributed by atoms with E-state index in [4.69, 9.17) is 0 Å². The van der Waals surface area contributed by atoms with Crippen LogP contribution in [0.25, 0.3) is 0 Å². The van der Waals surface area contributed by atoms with Crippen LogP contribution in [0.2, 0.25) is 0 Å². The fourth-order valence-electron chi connectivity index (χ4n) is 2.12. The van der Waals surface area contributed by atoms with Crippen LogP contribution in [0.3, 0.4) is 0 Å². The Morgan fingerprint density at radius 2 is 1.77 bits per heavy atom. The number of aryl methyl sites for hydroxylation is 2. The number of nitrogens with one attached hydrogen (secondary N) is 2. The zero-order valence-corrected chi connectivity index (χ0v) is 12.8. The van der Waals surface area contributed by atoms with Gasteiger partial charge in [-0.15, -0.1) is 0 Å². The van der Waals surface area contributed by atoms with E-state index in [1.165, 1.54) is 5.56 Å². The van der Waals surface area contributed by atoms with Gasteiger partial charge in [-0.3, -0.25) is 9.59 Å². The van der Waals surface area contributed by atoms with Crippen molar-refractivity contribution in [2.75, 3.05) is 12.4 Å². The standard InChI is InChI=1S/C18H20N2O2/c1-13-6-8-14(9-7-13)10-11-17(21)20-16-5-3-4-15(12-16)18(22)19-2/h3-9,12H,10-11H2,1-2H3,(H,19,22)(H,20,21). The molecule has 4 heteroatoms. The summed E-state index contributed by atoms with van der Waals surface area (Å²) in [5.41, 5.74) is 3.51. The van der Waals surface area contributed by atoms with Gasteiger partial charge in [-0.05, 0) is 37.1 Å². The van der Waals surface area contributed by atoms with Gasteiger partial charge in [-0.25, -0.2) is 0 Å². The first-order chi connectivity index (χ1) is 10.6. The van der Waals surface area contributed by atoms with Crippen molar-refractivity contribution in [3.63, 3.8) is 0 Å². The summed E-state index contributed by atoms with van der Waals surface area (Å²) in [6.07, 6.45) is 1.11. The van der Waals surface area contributed by atoms with Crippen LogP contribution in [-0.4, -0.2) is 18.9 Å². The molecule has 0 bridgehead atoms. The number of amides is 2. The average molecular weight is 296 g/mol. The van der Waals surface area contributed by atoms with Gasteiger partial charge in [0.05, 0.1) is 0 Å². The summed E-state index contributed by atoms with van der Waals surface area (Å²) in [5, 5.41) is 5.39. The third-order valence-corrected chi connectivity index (χ3v) is 3.40. The number of anilines is 1. The van der Waals surface area contributed by atoms with E-state index >= 15 is 0 Å². The third kappa shape index (κ3) is 4.45. The van der Waals surface area contributed by atoms with Crippen LogP contribution in [0, 0.1) is 6.92 Å². The lowest BCUT2D eigenvalue weighted by Gasteiger charge is -2.07. The first-order valence-corrected chi connectivity index (χ1v) is 7.26. The largest absolute Gasteiger partial charge is 0.355 e. The Morgan fingerprint density at radius 1 is 1.05 bits per heavy atom. The van der Waals surface area contributed by atoms with E-state index in [-0.39, 0.29) is 11.8 Å². The SMILES string of the molecule is CNC(=O)c1cccc(NC(=O)CCc2ccc(C)cc2)c1. The summed E-state index contributed by atoms with van der Waals surface area (Å²) in [6, 6.07) is 15.1. The third-order valence-electron chi connectivity index (χ3n) is 3.40. The second-order valence-electron chi connectivity index (χ2n) is 5.19. The van der Waals surface area contributed by atoms with Gasteiger partial charge in [0.1, 0.15) is 0 Å². The normalized spacial score (nSPS) is 10.1. The predicted molar refractivity (Wildman–Crippen MR) is 88.0 cm³/mol. The number of rotatable bonds is 5. The summed E-state index contributed by atoms with van der Waals surface area (Å²) in [7, 11) is 1.58. The molecule has 22 heavy (non-hydrogen) atoms. The zero-order chi connectivity index (χ0) is 15.9. The van der Waals surface area contributed by atoms with Crippen molar-refractivity contribution < 1.29 is 9.59 Å². The Morgan fingerprint density at radius 3 is 2.45 bits per heavy atom. The molecule has 0 saturated carbocycles. The molecule has 2 aromatic carbocycles. The molecule has 2 rings (SSSR count). The molecular formula is C18H20N2O2. The van der Waals surface area contributed by atoms with Crippen molar-refractivity contribution in [1.29, 1.82) is 0 Å². The molecule has 0 fully saturated rings. The van der Waals surface area contributed by atoms with E-state index < -0.39 is 0 Å². The van der Waals surface area contributed by atoms with Gasteiger partial charge >= 0.3 is 0 Å². The van der Waals surface area contributed by atoms with Crippen LogP contribution in [0.15, 0.2) is 48.5 Å². The molecule has 0 atom stereocenters. The van der Waals surface area contributed by atoms with Crippen molar-refractivity contribution in [2.45, 2.75) is 19.8 Å². The van der Waals surface area contributed by atoms with Gasteiger partial charge in [-0.1, -0.05) is 35.9 Å². The minimum atomic E-state index is -0.171. The molecule has 114 valence electrons. The fourth-order valence-corrected chi connectivity index (χ4v) is 2.12. The maximum absolute atomic E-state index is 12.0. The van der Waals surface area contributed by atoms with Gasteiger partial charge in [0.25, 0.3) is 5.91 Å².